The molecule has 0 saturated heterocycles. The number of carbonyl (C=O) groups is 2. The molecule has 4 N–H and O–H groups in total. The molecule has 0 fully saturated rings. The second kappa shape index (κ2) is 15.2. The Bertz CT molecular complexity index is 2110. The fourth-order valence-electron chi connectivity index (χ4n) is 3.90. The Labute approximate surface area is 294 Å². The minimum atomic E-state index is -4.14. The van der Waals surface area contributed by atoms with Gasteiger partial charge < -0.3 is 24.8 Å². The van der Waals surface area contributed by atoms with Crippen LogP contribution in [-0.2, 0) is 58.6 Å². The zero-order valence-electron chi connectivity index (χ0n) is 24.0. The molecule has 0 spiro atoms. The Morgan fingerprint density at radius 1 is 0.979 bits per heavy atom. The molecule has 237 valence electrons. The summed E-state index contributed by atoms with van der Waals surface area (Å²) in [4.78, 5) is 31.9. The fraction of sp³-hybridized carbons (Fsp3) is 0.0357. The Hall–Kier alpha value is -4.75. The summed E-state index contributed by atoms with van der Waals surface area (Å²) < 4.78 is 55.7. The zero-order valence-corrected chi connectivity index (χ0v) is 28.5. The number of anilines is 3. The van der Waals surface area contributed by atoms with Gasteiger partial charge in [-0.2, -0.15) is 4.98 Å². The summed E-state index contributed by atoms with van der Waals surface area (Å²) in [5.41, 5.74) is 0.657. The molecule has 1 unspecified atom stereocenters. The second-order valence-corrected chi connectivity index (χ2v) is 11.9. The van der Waals surface area contributed by atoms with Crippen molar-refractivity contribution in [1.82, 2.24) is 15.1 Å². The second-order valence-electron chi connectivity index (χ2n) is 9.26. The molecule has 2 amide bonds. The first-order valence-corrected chi connectivity index (χ1v) is 15.5. The van der Waals surface area contributed by atoms with Gasteiger partial charge in [0.15, 0.2) is 5.75 Å². The smallest absolute Gasteiger partial charge is 0.366 e. The van der Waals surface area contributed by atoms with E-state index in [1.54, 1.807) is 12.1 Å². The molecule has 5 rings (SSSR count). The summed E-state index contributed by atoms with van der Waals surface area (Å²) in [5.74, 6) is -1.46. The summed E-state index contributed by atoms with van der Waals surface area (Å²) >= 11 is -2.61. The van der Waals surface area contributed by atoms with Gasteiger partial charge in [0, 0.05) is 68.2 Å². The molecule has 19 heteroatoms. The maximum atomic E-state index is 12.9. The number of aromatic hydroxyl groups is 1. The number of aromatic nitrogens is 3. The molecule has 0 aliphatic carbocycles. The average molecular weight is 751 g/mol. The third-order valence-electron chi connectivity index (χ3n) is 5.92. The van der Waals surface area contributed by atoms with Crippen LogP contribution in [0.5, 0.6) is 5.75 Å². The number of sulfonamides is 1. The number of azo groups is 1. The molecule has 1 atom stereocenters. The predicted octanol–water partition coefficient (Wildman–Crippen LogP) is 4.50. The van der Waals surface area contributed by atoms with Crippen LogP contribution in [0.3, 0.4) is 0 Å². The van der Waals surface area contributed by atoms with Crippen molar-refractivity contribution in [2.75, 3.05) is 15.4 Å². The van der Waals surface area contributed by atoms with Gasteiger partial charge in [-0.1, -0.05) is 28.5 Å². The zero-order chi connectivity index (χ0) is 32.8. The van der Waals surface area contributed by atoms with Gasteiger partial charge in [0.25, 0.3) is 15.9 Å². The van der Waals surface area contributed by atoms with Gasteiger partial charge in [0.2, 0.25) is 11.7 Å². The Morgan fingerprint density at radius 3 is 2.43 bits per heavy atom. The van der Waals surface area contributed by atoms with Crippen LogP contribution >= 0.6 is 0 Å². The number of phenols is 1. The van der Waals surface area contributed by atoms with Gasteiger partial charge in [-0.05, 0) is 65.7 Å². The largest absolute Gasteiger partial charge is 0.768 e. The van der Waals surface area contributed by atoms with Crippen LogP contribution in [0.2, 0.25) is 0 Å². The molecule has 1 radical (unpaired) electrons. The molecule has 47 heavy (non-hydrogen) atoms. The standard InChI is InChI=1S/C28H22N8O8S2.Y/c1-16(37)30-23-12-20(13-24(25(23)38)31-27(39)18-6-4-10-29-15-18)33-34-28-32-26(35-44-28)17-5-2-7-19(11-17)36-46(42,43)22-9-3-8-21(14-22)45(40)41;/h2-15,36,38H,1H3,(H,30,37)(H,31,39)(H,40,41);/p-1. The number of hydrogen-bond acceptors (Lipinski definition) is 13. The van der Waals surface area contributed by atoms with Gasteiger partial charge in [-0.25, -0.2) is 8.42 Å². The van der Waals surface area contributed by atoms with Crippen molar-refractivity contribution >= 4 is 61.7 Å². The van der Waals surface area contributed by atoms with Crippen LogP contribution in [0.15, 0.2) is 110 Å². The fourth-order valence-corrected chi connectivity index (χ4v) is 5.49. The van der Waals surface area contributed by atoms with Gasteiger partial charge >= 0.3 is 6.01 Å². The quantitative estimate of drug-likeness (QED) is 0.0880. The molecular formula is C28H21N8O8S2Y-. The number of benzene rings is 3. The first kappa shape index (κ1) is 35.1. The van der Waals surface area contributed by atoms with E-state index in [2.05, 4.69) is 40.7 Å². The number of amides is 2. The number of nitrogens with one attached hydrogen (secondary N) is 3. The molecule has 0 aliphatic rings. The maximum Gasteiger partial charge on any atom is 0.366 e. The first-order valence-electron chi connectivity index (χ1n) is 12.9. The number of phenolic OH excluding ortho intramolecular Hbond substituents is 1. The average Bonchev–Trinajstić information content (AvgIpc) is 3.51. The number of nitrogens with zero attached hydrogens (tertiary/aromatic N) is 5. The summed E-state index contributed by atoms with van der Waals surface area (Å²) in [6, 6.07) is 16.3. The normalized spacial score (nSPS) is 11.8. The molecule has 0 bridgehead atoms. The number of rotatable bonds is 10. The van der Waals surface area contributed by atoms with Crippen LogP contribution in [0.4, 0.5) is 28.8 Å². The topological polar surface area (TPSA) is 241 Å². The molecule has 5 aromatic rings. The van der Waals surface area contributed by atoms with Crippen molar-refractivity contribution in [2.45, 2.75) is 16.7 Å². The van der Waals surface area contributed by atoms with Crippen molar-refractivity contribution in [3.63, 3.8) is 0 Å². The van der Waals surface area contributed by atoms with E-state index >= 15 is 0 Å². The summed E-state index contributed by atoms with van der Waals surface area (Å²) in [6.07, 6.45) is 2.83. The third kappa shape index (κ3) is 8.95. The molecule has 0 saturated carbocycles. The summed E-state index contributed by atoms with van der Waals surface area (Å²) in [5, 5.41) is 27.4. The van der Waals surface area contributed by atoms with Crippen LogP contribution < -0.4 is 15.4 Å². The predicted molar refractivity (Wildman–Crippen MR) is 163 cm³/mol. The van der Waals surface area contributed by atoms with Crippen molar-refractivity contribution < 1.29 is 69.1 Å². The first-order chi connectivity index (χ1) is 22.0. The van der Waals surface area contributed by atoms with E-state index in [0.29, 0.717) is 5.56 Å². The van der Waals surface area contributed by atoms with Gasteiger partial charge in [-0.3, -0.25) is 23.5 Å². The van der Waals surface area contributed by atoms with E-state index < -0.39 is 38.7 Å². The van der Waals surface area contributed by atoms with E-state index in [1.165, 1.54) is 73.9 Å². The summed E-state index contributed by atoms with van der Waals surface area (Å²) in [6.45, 7) is 1.23. The molecular weight excluding hydrogens is 729 g/mol. The number of carbonyl (C=O) groups excluding carboxylic acids is 2. The molecule has 0 aliphatic heterocycles. The van der Waals surface area contributed by atoms with Crippen LogP contribution in [0.1, 0.15) is 17.3 Å². The molecule has 2 aromatic heterocycles. The van der Waals surface area contributed by atoms with Gasteiger partial charge in [0.05, 0.1) is 27.5 Å². The molecule has 3 aromatic carbocycles. The number of pyridine rings is 1. The summed E-state index contributed by atoms with van der Waals surface area (Å²) in [7, 11) is -4.14. The van der Waals surface area contributed by atoms with E-state index in [-0.39, 0.29) is 82.7 Å². The van der Waals surface area contributed by atoms with Crippen LogP contribution in [0.25, 0.3) is 11.4 Å². The monoisotopic (exact) mass is 750 g/mol. The Kier molecular flexibility index (Phi) is 11.4. The van der Waals surface area contributed by atoms with Crippen LogP contribution in [-0.4, -0.2) is 49.2 Å². The number of hydrogen-bond donors (Lipinski definition) is 4. The SMILES string of the molecule is CC(=O)Nc1cc(N=Nc2nc(-c3cccc(NS(=O)(=O)c4cccc(S(=O)[O-])c4)c3)no2)cc(NC(=O)c2cccnc2)c1O.[Y]. The van der Waals surface area contributed by atoms with Crippen LogP contribution in [0, 0.1) is 0 Å². The van der Waals surface area contributed by atoms with E-state index in [0.717, 1.165) is 6.07 Å². The van der Waals surface area contributed by atoms with Gasteiger partial charge in [-0.15, -0.1) is 5.11 Å². The minimum absolute atomic E-state index is 0. The van der Waals surface area contributed by atoms with E-state index in [9.17, 15) is 31.9 Å². The van der Waals surface area contributed by atoms with Crippen molar-refractivity contribution in [3.05, 3.63) is 90.8 Å². The Morgan fingerprint density at radius 2 is 1.72 bits per heavy atom. The maximum absolute atomic E-state index is 12.9. The van der Waals surface area contributed by atoms with E-state index in [1.807, 2.05) is 0 Å². The molecule has 16 nitrogen and oxygen atoms in total. The van der Waals surface area contributed by atoms with Crippen molar-refractivity contribution in [3.8, 4) is 17.1 Å². The van der Waals surface area contributed by atoms with Crippen molar-refractivity contribution in [1.29, 1.82) is 0 Å². The minimum Gasteiger partial charge on any atom is -0.768 e. The van der Waals surface area contributed by atoms with Crippen molar-refractivity contribution in [2.24, 2.45) is 10.2 Å². The molecule has 2 heterocycles. The van der Waals surface area contributed by atoms with Gasteiger partial charge in [0.1, 0.15) is 0 Å². The third-order valence-corrected chi connectivity index (χ3v) is 7.94. The van der Waals surface area contributed by atoms with E-state index in [4.69, 9.17) is 4.52 Å². The Balaban J connectivity index is 0.00000500.